The number of anilines is 3. The van der Waals surface area contributed by atoms with Crippen LogP contribution in [0.3, 0.4) is 0 Å². The van der Waals surface area contributed by atoms with Gasteiger partial charge in [-0.1, -0.05) is 18.5 Å². The Kier molecular flexibility index (Phi) is 6.43. The van der Waals surface area contributed by atoms with E-state index in [1.54, 1.807) is 0 Å². The number of halogens is 1. The number of benzene rings is 1. The number of aromatic nitrogens is 4. The van der Waals surface area contributed by atoms with Crippen molar-refractivity contribution >= 4 is 55.4 Å². The van der Waals surface area contributed by atoms with Crippen LogP contribution in [-0.4, -0.2) is 70.9 Å². The third-order valence-corrected chi connectivity index (χ3v) is 8.53. The van der Waals surface area contributed by atoms with E-state index in [1.165, 1.54) is 22.1 Å². The second-order valence-electron chi connectivity index (χ2n) is 8.47. The number of piperazine rings is 1. The zero-order valence-corrected chi connectivity index (χ0v) is 22.1. The molecule has 0 atom stereocenters. The largest absolute Gasteiger partial charge is 0.368 e. The van der Waals surface area contributed by atoms with Gasteiger partial charge in [-0.3, -0.25) is 4.40 Å². The van der Waals surface area contributed by atoms with Crippen LogP contribution >= 0.6 is 23.1 Å². The maximum absolute atomic E-state index is 11.9. The first-order valence-electron chi connectivity index (χ1n) is 11.3. The van der Waals surface area contributed by atoms with Gasteiger partial charge in [-0.25, -0.2) is 13.4 Å². The van der Waals surface area contributed by atoms with Crippen LogP contribution in [0, 0.1) is 0 Å². The summed E-state index contributed by atoms with van der Waals surface area (Å²) in [6.07, 6.45) is 4.11. The fraction of sp³-hybridized carbons (Fsp3) is 0.348. The Hall–Kier alpha value is -2.73. The first-order chi connectivity index (χ1) is 16.7. The molecule has 1 saturated heterocycles. The van der Waals surface area contributed by atoms with Crippen LogP contribution in [0.4, 0.5) is 16.6 Å². The first-order valence-corrected chi connectivity index (χ1v) is 14.3. The predicted molar refractivity (Wildman–Crippen MR) is 142 cm³/mol. The highest BCUT2D eigenvalue weighted by Gasteiger charge is 2.25. The predicted octanol–water partition coefficient (Wildman–Crippen LogP) is 3.92. The molecule has 0 bridgehead atoms. The summed E-state index contributed by atoms with van der Waals surface area (Å²) in [6.45, 7) is 4.32. The molecule has 3 aromatic heterocycles. The lowest BCUT2D eigenvalue weighted by molar-refractivity contribution is 0.388. The van der Waals surface area contributed by atoms with E-state index in [1.807, 2.05) is 48.3 Å². The zero-order chi connectivity index (χ0) is 24.7. The number of aryl methyl sites for hydroxylation is 1. The number of hydrogen-bond donors (Lipinski definition) is 0. The fourth-order valence-electron chi connectivity index (χ4n) is 4.29. The van der Waals surface area contributed by atoms with Crippen molar-refractivity contribution in [2.45, 2.75) is 13.3 Å². The van der Waals surface area contributed by atoms with Crippen LogP contribution in [0.2, 0.25) is 5.02 Å². The van der Waals surface area contributed by atoms with Crippen LogP contribution in [-0.2, 0) is 16.4 Å². The molecule has 184 valence electrons. The van der Waals surface area contributed by atoms with Gasteiger partial charge in [-0.2, -0.15) is 13.7 Å². The summed E-state index contributed by atoms with van der Waals surface area (Å²) < 4.78 is 31.9. The Labute approximate surface area is 213 Å². The van der Waals surface area contributed by atoms with Crippen LogP contribution < -0.4 is 9.80 Å². The van der Waals surface area contributed by atoms with Crippen LogP contribution in [0.25, 0.3) is 17.0 Å². The highest BCUT2D eigenvalue weighted by atomic mass is 35.5. The van der Waals surface area contributed by atoms with Crippen molar-refractivity contribution in [3.8, 4) is 11.4 Å². The Morgan fingerprint density at radius 3 is 2.43 bits per heavy atom. The van der Waals surface area contributed by atoms with E-state index in [4.69, 9.17) is 21.6 Å². The van der Waals surface area contributed by atoms with Gasteiger partial charge in [0.05, 0.1) is 17.6 Å². The van der Waals surface area contributed by atoms with Crippen molar-refractivity contribution in [3.05, 3.63) is 53.3 Å². The Morgan fingerprint density at radius 1 is 1.06 bits per heavy atom. The highest BCUT2D eigenvalue weighted by molar-refractivity contribution is 7.88. The van der Waals surface area contributed by atoms with E-state index in [-0.39, 0.29) is 0 Å². The van der Waals surface area contributed by atoms with Crippen molar-refractivity contribution in [3.63, 3.8) is 0 Å². The van der Waals surface area contributed by atoms with E-state index < -0.39 is 10.0 Å². The smallest absolute Gasteiger partial charge is 0.211 e. The average Bonchev–Trinajstić information content (AvgIpc) is 3.48. The van der Waals surface area contributed by atoms with Gasteiger partial charge in [0.2, 0.25) is 15.2 Å². The van der Waals surface area contributed by atoms with Gasteiger partial charge >= 0.3 is 0 Å². The molecule has 5 rings (SSSR count). The summed E-state index contributed by atoms with van der Waals surface area (Å²) in [6, 6.07) is 11.5. The van der Waals surface area contributed by atoms with E-state index in [9.17, 15) is 8.42 Å². The SMILES string of the molecule is CCc1nc2ccc(N3CCN(S(C)(=O)=O)CC3)cn2c1N(C)c1nc(-c2ccc(Cl)cc2)ns1. The maximum atomic E-state index is 11.9. The van der Waals surface area contributed by atoms with Crippen molar-refractivity contribution in [2.75, 3.05) is 49.3 Å². The molecule has 0 radical (unpaired) electrons. The number of hydrogen-bond acceptors (Lipinski definition) is 8. The average molecular weight is 532 g/mol. The molecular weight excluding hydrogens is 506 g/mol. The van der Waals surface area contributed by atoms with Gasteiger partial charge in [-0.15, -0.1) is 0 Å². The zero-order valence-electron chi connectivity index (χ0n) is 19.7. The number of rotatable bonds is 6. The molecule has 12 heteroatoms. The van der Waals surface area contributed by atoms with Gasteiger partial charge in [0.15, 0.2) is 5.82 Å². The van der Waals surface area contributed by atoms with Crippen LogP contribution in [0.15, 0.2) is 42.6 Å². The topological polar surface area (TPSA) is 86.9 Å². The molecule has 1 fully saturated rings. The molecular formula is C23H26ClN7O2S2. The normalized spacial score (nSPS) is 15.1. The molecule has 4 heterocycles. The summed E-state index contributed by atoms with van der Waals surface area (Å²) in [5.74, 6) is 1.60. The van der Waals surface area contributed by atoms with Crippen molar-refractivity contribution in [1.29, 1.82) is 0 Å². The van der Waals surface area contributed by atoms with E-state index in [2.05, 4.69) is 26.8 Å². The third kappa shape index (κ3) is 4.73. The van der Waals surface area contributed by atoms with Gasteiger partial charge in [0.25, 0.3) is 0 Å². The summed E-state index contributed by atoms with van der Waals surface area (Å²) >= 11 is 7.35. The molecule has 0 spiro atoms. The van der Waals surface area contributed by atoms with Crippen molar-refractivity contribution in [1.82, 2.24) is 23.0 Å². The minimum Gasteiger partial charge on any atom is -0.368 e. The van der Waals surface area contributed by atoms with E-state index in [0.29, 0.717) is 37.0 Å². The summed E-state index contributed by atoms with van der Waals surface area (Å²) in [5.41, 5.74) is 3.76. The highest BCUT2D eigenvalue weighted by Crippen LogP contribution is 2.33. The number of fused-ring (bicyclic) bond motifs is 1. The second kappa shape index (κ2) is 9.38. The van der Waals surface area contributed by atoms with Crippen molar-refractivity contribution in [2.24, 2.45) is 0 Å². The summed E-state index contributed by atoms with van der Waals surface area (Å²) in [5, 5.41) is 1.44. The molecule has 35 heavy (non-hydrogen) atoms. The lowest BCUT2D eigenvalue weighted by Crippen LogP contribution is -2.48. The molecule has 0 amide bonds. The first kappa shape index (κ1) is 24.0. The molecule has 1 aromatic carbocycles. The van der Waals surface area contributed by atoms with Crippen LogP contribution in [0.1, 0.15) is 12.6 Å². The van der Waals surface area contributed by atoms with Crippen LogP contribution in [0.5, 0.6) is 0 Å². The van der Waals surface area contributed by atoms with E-state index in [0.717, 1.165) is 40.0 Å². The number of pyridine rings is 1. The Bertz CT molecular complexity index is 1460. The van der Waals surface area contributed by atoms with Gasteiger partial charge in [0, 0.05) is 61.5 Å². The Morgan fingerprint density at radius 2 is 1.77 bits per heavy atom. The minimum absolute atomic E-state index is 0.478. The lowest BCUT2D eigenvalue weighted by atomic mass is 10.2. The fourth-order valence-corrected chi connectivity index (χ4v) is 5.89. The van der Waals surface area contributed by atoms with Gasteiger partial charge in [0.1, 0.15) is 11.5 Å². The second-order valence-corrected chi connectivity index (χ2v) is 11.6. The summed E-state index contributed by atoms with van der Waals surface area (Å²) in [4.78, 5) is 13.8. The van der Waals surface area contributed by atoms with E-state index >= 15 is 0 Å². The number of sulfonamides is 1. The molecule has 0 N–H and O–H groups in total. The molecule has 0 saturated carbocycles. The third-order valence-electron chi connectivity index (χ3n) is 6.18. The molecule has 1 aliphatic heterocycles. The molecule has 9 nitrogen and oxygen atoms in total. The number of imidazole rings is 1. The Balaban J connectivity index is 1.46. The monoisotopic (exact) mass is 531 g/mol. The molecule has 0 unspecified atom stereocenters. The molecule has 4 aromatic rings. The van der Waals surface area contributed by atoms with Crippen molar-refractivity contribution < 1.29 is 8.42 Å². The van der Waals surface area contributed by atoms with Gasteiger partial charge < -0.3 is 9.80 Å². The standard InChI is InChI=1S/C23H26ClN7O2S2/c1-4-19-22(28(2)23-26-21(27-34-23)16-5-7-17(24)8-6-16)31-15-18(9-10-20(31)25-19)29-11-13-30(14-12-29)35(3,32)33/h5-10,15H,4,11-14H2,1-3H3. The lowest BCUT2D eigenvalue weighted by Gasteiger charge is -2.34. The number of nitrogens with zero attached hydrogens (tertiary/aromatic N) is 7. The van der Waals surface area contributed by atoms with Gasteiger partial charge in [-0.05, 0) is 42.8 Å². The minimum atomic E-state index is -3.17. The quantitative estimate of drug-likeness (QED) is 0.372. The maximum Gasteiger partial charge on any atom is 0.211 e. The molecule has 0 aliphatic carbocycles. The summed E-state index contributed by atoms with van der Waals surface area (Å²) in [7, 11) is -1.19. The molecule has 1 aliphatic rings.